The van der Waals surface area contributed by atoms with Crippen molar-refractivity contribution in [2.24, 2.45) is 0 Å². The Morgan fingerprint density at radius 1 is 1.14 bits per heavy atom. The van der Waals surface area contributed by atoms with Gasteiger partial charge in [-0.2, -0.15) is 4.31 Å². The Hall–Kier alpha value is -3.48. The standard InChI is InChI=1S/C23H26N4O7S/c1-27(14-17-5-4-12-33-17)35(29,30)18-9-6-15(7-10-18)21(28)24-23-26-25-22(34-23)19-11-8-16(31-2)13-20(19)32-3/h6-11,13,17H,4-5,12,14H2,1-3H3,(H,24,26,28)/t17-/m0/s1. The van der Waals surface area contributed by atoms with E-state index >= 15 is 0 Å². The van der Waals surface area contributed by atoms with E-state index in [1.807, 2.05) is 0 Å². The Kier molecular flexibility index (Phi) is 7.34. The van der Waals surface area contributed by atoms with E-state index in [0.29, 0.717) is 23.7 Å². The third-order valence-corrected chi connectivity index (χ3v) is 7.43. The Morgan fingerprint density at radius 2 is 1.91 bits per heavy atom. The van der Waals surface area contributed by atoms with Crippen molar-refractivity contribution in [3.05, 3.63) is 48.0 Å². The molecule has 0 radical (unpaired) electrons. The van der Waals surface area contributed by atoms with E-state index in [-0.39, 0.29) is 35.0 Å². The van der Waals surface area contributed by atoms with Gasteiger partial charge in [0, 0.05) is 31.8 Å². The van der Waals surface area contributed by atoms with Gasteiger partial charge in [-0.05, 0) is 49.2 Å². The molecule has 0 bridgehead atoms. The van der Waals surface area contributed by atoms with E-state index in [2.05, 4.69) is 15.5 Å². The molecule has 0 unspecified atom stereocenters. The van der Waals surface area contributed by atoms with E-state index in [1.165, 1.54) is 42.7 Å². The molecule has 2 aromatic carbocycles. The van der Waals surface area contributed by atoms with Crippen molar-refractivity contribution in [3.63, 3.8) is 0 Å². The van der Waals surface area contributed by atoms with Crippen molar-refractivity contribution in [2.45, 2.75) is 23.8 Å². The van der Waals surface area contributed by atoms with Gasteiger partial charge in [0.15, 0.2) is 0 Å². The number of ether oxygens (including phenoxy) is 3. The van der Waals surface area contributed by atoms with E-state index in [9.17, 15) is 13.2 Å². The largest absolute Gasteiger partial charge is 0.497 e. The number of rotatable bonds is 9. The highest BCUT2D eigenvalue weighted by Crippen LogP contribution is 2.33. The number of nitrogens with zero attached hydrogens (tertiary/aromatic N) is 3. The van der Waals surface area contributed by atoms with Crippen LogP contribution >= 0.6 is 0 Å². The molecule has 4 rings (SSSR count). The smallest absolute Gasteiger partial charge is 0.322 e. The molecule has 0 saturated carbocycles. The molecule has 0 spiro atoms. The summed E-state index contributed by atoms with van der Waals surface area (Å²) in [6, 6.07) is 10.6. The zero-order chi connectivity index (χ0) is 25.0. The van der Waals surface area contributed by atoms with Gasteiger partial charge in [0.2, 0.25) is 10.0 Å². The first kappa shape index (κ1) is 24.6. The third-order valence-electron chi connectivity index (χ3n) is 5.59. The zero-order valence-electron chi connectivity index (χ0n) is 19.6. The molecule has 11 nitrogen and oxygen atoms in total. The summed E-state index contributed by atoms with van der Waals surface area (Å²) in [6.45, 7) is 0.931. The van der Waals surface area contributed by atoms with Gasteiger partial charge in [-0.15, -0.1) is 5.10 Å². The first-order valence-electron chi connectivity index (χ1n) is 10.9. The summed E-state index contributed by atoms with van der Waals surface area (Å²) < 4.78 is 48.6. The highest BCUT2D eigenvalue weighted by molar-refractivity contribution is 7.89. The average molecular weight is 503 g/mol. The van der Waals surface area contributed by atoms with Gasteiger partial charge >= 0.3 is 6.01 Å². The minimum absolute atomic E-state index is 0.0845. The van der Waals surface area contributed by atoms with Crippen LogP contribution in [0.4, 0.5) is 6.01 Å². The molecule has 0 aliphatic carbocycles. The Bertz CT molecular complexity index is 1290. The lowest BCUT2D eigenvalue weighted by Gasteiger charge is -2.20. The lowest BCUT2D eigenvalue weighted by atomic mass is 10.2. The predicted molar refractivity (Wildman–Crippen MR) is 126 cm³/mol. The number of nitrogens with one attached hydrogen (secondary N) is 1. The summed E-state index contributed by atoms with van der Waals surface area (Å²) in [5.74, 6) is 0.684. The van der Waals surface area contributed by atoms with Gasteiger partial charge in [0.05, 0.1) is 30.8 Å². The van der Waals surface area contributed by atoms with Crippen molar-refractivity contribution < 1.29 is 31.8 Å². The fourth-order valence-electron chi connectivity index (χ4n) is 3.66. The number of likely N-dealkylation sites (N-methyl/N-ethyl adjacent to an activating group) is 1. The summed E-state index contributed by atoms with van der Waals surface area (Å²) in [7, 11) is 0.853. The first-order chi connectivity index (χ1) is 16.8. The summed E-state index contributed by atoms with van der Waals surface area (Å²) in [5.41, 5.74) is 0.760. The van der Waals surface area contributed by atoms with Crippen molar-refractivity contribution in [3.8, 4) is 23.0 Å². The van der Waals surface area contributed by atoms with Crippen molar-refractivity contribution >= 4 is 21.9 Å². The predicted octanol–water partition coefficient (Wildman–Crippen LogP) is 2.81. The zero-order valence-corrected chi connectivity index (χ0v) is 20.4. The minimum atomic E-state index is -3.71. The number of carbonyl (C=O) groups is 1. The van der Waals surface area contributed by atoms with Crippen LogP contribution in [0.5, 0.6) is 11.5 Å². The lowest BCUT2D eigenvalue weighted by Crippen LogP contribution is -2.34. The molecule has 1 N–H and O–H groups in total. The summed E-state index contributed by atoms with van der Waals surface area (Å²) >= 11 is 0. The molecule has 12 heteroatoms. The van der Waals surface area contributed by atoms with Gasteiger partial charge in [-0.3, -0.25) is 10.1 Å². The number of benzene rings is 2. The SMILES string of the molecule is COc1ccc(-c2nnc(NC(=O)c3ccc(S(=O)(=O)N(C)C[C@@H]4CCCO4)cc3)o2)c(OC)c1. The minimum Gasteiger partial charge on any atom is -0.497 e. The van der Waals surface area contributed by atoms with Crippen LogP contribution in [0.3, 0.4) is 0 Å². The molecule has 35 heavy (non-hydrogen) atoms. The van der Waals surface area contributed by atoms with E-state index in [4.69, 9.17) is 18.6 Å². The number of aromatic nitrogens is 2. The molecule has 1 fully saturated rings. The second kappa shape index (κ2) is 10.4. The van der Waals surface area contributed by atoms with Crippen molar-refractivity contribution in [2.75, 3.05) is 39.7 Å². The van der Waals surface area contributed by atoms with Crippen molar-refractivity contribution in [1.29, 1.82) is 0 Å². The summed E-state index contributed by atoms with van der Waals surface area (Å²) in [6.07, 6.45) is 1.66. The lowest BCUT2D eigenvalue weighted by molar-refractivity contribution is 0.0979. The average Bonchev–Trinajstić information content (AvgIpc) is 3.56. The number of amides is 1. The van der Waals surface area contributed by atoms with Gasteiger partial charge in [-0.25, -0.2) is 8.42 Å². The van der Waals surface area contributed by atoms with Gasteiger partial charge < -0.3 is 18.6 Å². The van der Waals surface area contributed by atoms with Crippen LogP contribution in [0.25, 0.3) is 11.5 Å². The Morgan fingerprint density at radius 3 is 2.57 bits per heavy atom. The maximum atomic E-state index is 12.8. The number of methoxy groups -OCH3 is 2. The number of hydrogen-bond acceptors (Lipinski definition) is 9. The van der Waals surface area contributed by atoms with Gasteiger partial charge in [-0.1, -0.05) is 5.10 Å². The number of anilines is 1. The normalized spacial score (nSPS) is 15.8. The maximum absolute atomic E-state index is 12.8. The molecule has 2 heterocycles. The fraction of sp³-hybridized carbons (Fsp3) is 0.348. The van der Waals surface area contributed by atoms with Crippen molar-refractivity contribution in [1.82, 2.24) is 14.5 Å². The van der Waals surface area contributed by atoms with Crippen LogP contribution in [0.2, 0.25) is 0 Å². The molecule has 1 atom stereocenters. The number of hydrogen-bond donors (Lipinski definition) is 1. The van der Waals surface area contributed by atoms with Crippen LogP contribution < -0.4 is 14.8 Å². The highest BCUT2D eigenvalue weighted by atomic mass is 32.2. The van der Waals surface area contributed by atoms with E-state index in [0.717, 1.165) is 12.8 Å². The molecule has 3 aromatic rings. The fourth-order valence-corrected chi connectivity index (χ4v) is 4.86. The second-order valence-electron chi connectivity index (χ2n) is 7.88. The van der Waals surface area contributed by atoms with Crippen LogP contribution in [0.15, 0.2) is 51.8 Å². The van der Waals surface area contributed by atoms with E-state index in [1.54, 1.807) is 25.3 Å². The molecule has 1 saturated heterocycles. The monoisotopic (exact) mass is 502 g/mol. The summed E-state index contributed by atoms with van der Waals surface area (Å²) in [5, 5.41) is 10.3. The molecular formula is C23H26N4O7S. The number of carbonyl (C=O) groups excluding carboxylic acids is 1. The highest BCUT2D eigenvalue weighted by Gasteiger charge is 2.26. The van der Waals surface area contributed by atoms with Crippen LogP contribution in [-0.4, -0.2) is 69.4 Å². The maximum Gasteiger partial charge on any atom is 0.322 e. The molecule has 186 valence electrons. The van der Waals surface area contributed by atoms with Crippen LogP contribution in [0, 0.1) is 0 Å². The third kappa shape index (κ3) is 5.45. The topological polar surface area (TPSA) is 133 Å². The van der Waals surface area contributed by atoms with Gasteiger partial charge in [0.1, 0.15) is 11.5 Å². The molecule has 1 amide bonds. The molecule has 1 aliphatic heterocycles. The second-order valence-corrected chi connectivity index (χ2v) is 9.92. The van der Waals surface area contributed by atoms with E-state index < -0.39 is 15.9 Å². The van der Waals surface area contributed by atoms with Crippen LogP contribution in [0.1, 0.15) is 23.2 Å². The summed E-state index contributed by atoms with van der Waals surface area (Å²) in [4.78, 5) is 12.7. The quantitative estimate of drug-likeness (QED) is 0.469. The first-order valence-corrected chi connectivity index (χ1v) is 12.3. The Balaban J connectivity index is 1.43. The number of sulfonamides is 1. The molecule has 1 aromatic heterocycles. The Labute approximate surface area is 203 Å². The molecular weight excluding hydrogens is 476 g/mol. The molecule has 1 aliphatic rings. The van der Waals surface area contributed by atoms with Gasteiger partial charge in [0.25, 0.3) is 11.8 Å². The van der Waals surface area contributed by atoms with Crippen LogP contribution in [-0.2, 0) is 14.8 Å².